The van der Waals surface area contributed by atoms with Crippen molar-refractivity contribution < 1.29 is 13.9 Å². The van der Waals surface area contributed by atoms with Gasteiger partial charge in [0.05, 0.1) is 11.4 Å². The summed E-state index contributed by atoms with van der Waals surface area (Å²) in [7, 11) is 0. The van der Waals surface area contributed by atoms with Crippen LogP contribution >= 0.6 is 0 Å². The Morgan fingerprint density at radius 2 is 1.91 bits per heavy atom. The van der Waals surface area contributed by atoms with Gasteiger partial charge in [-0.3, -0.25) is 5.32 Å². The summed E-state index contributed by atoms with van der Waals surface area (Å²) in [4.78, 5) is 11.8. The Hall–Kier alpha value is -1.78. The molecule has 0 unspecified atom stereocenters. The summed E-state index contributed by atoms with van der Waals surface area (Å²) < 4.78 is 18.6. The van der Waals surface area contributed by atoms with Crippen molar-refractivity contribution in [2.24, 2.45) is 0 Å². The van der Waals surface area contributed by atoms with E-state index in [1.54, 1.807) is 20.8 Å². The Kier molecular flexibility index (Phi) is 7.15. The summed E-state index contributed by atoms with van der Waals surface area (Å²) in [6.07, 6.45) is 3.96. The highest BCUT2D eigenvalue weighted by atomic mass is 19.1. The van der Waals surface area contributed by atoms with Gasteiger partial charge in [0.2, 0.25) is 0 Å². The van der Waals surface area contributed by atoms with Gasteiger partial charge in [0.25, 0.3) is 0 Å². The van der Waals surface area contributed by atoms with Gasteiger partial charge in [-0.2, -0.15) is 0 Å². The van der Waals surface area contributed by atoms with E-state index in [1.165, 1.54) is 31.0 Å². The highest BCUT2D eigenvalue weighted by Gasteiger charge is 2.17. The van der Waals surface area contributed by atoms with Gasteiger partial charge in [-0.15, -0.1) is 0 Å². The zero-order chi connectivity index (χ0) is 16.6. The SMILES string of the molecule is CCCCCCNc1cc(F)ccc1NC(=O)OC(C)(C)C. The second kappa shape index (κ2) is 8.61. The molecule has 0 saturated heterocycles. The standard InChI is InChI=1S/C17H27FN2O2/c1-5-6-7-8-11-19-15-12-13(18)9-10-14(15)20-16(21)22-17(2,3)4/h9-10,12,19H,5-8,11H2,1-4H3,(H,20,21). The number of carbonyl (C=O) groups is 1. The molecule has 4 nitrogen and oxygen atoms in total. The number of rotatable bonds is 7. The van der Waals surface area contributed by atoms with E-state index in [0.29, 0.717) is 11.4 Å². The number of nitrogens with one attached hydrogen (secondary N) is 2. The molecule has 0 aliphatic carbocycles. The molecule has 0 saturated carbocycles. The first kappa shape index (κ1) is 18.3. The van der Waals surface area contributed by atoms with Crippen molar-refractivity contribution in [1.82, 2.24) is 0 Å². The second-order valence-corrected chi connectivity index (χ2v) is 6.30. The molecule has 124 valence electrons. The maximum Gasteiger partial charge on any atom is 0.412 e. The lowest BCUT2D eigenvalue weighted by Gasteiger charge is -2.20. The van der Waals surface area contributed by atoms with Gasteiger partial charge >= 0.3 is 6.09 Å². The molecule has 0 aromatic heterocycles. The predicted molar refractivity (Wildman–Crippen MR) is 88.9 cm³/mol. The molecule has 2 N–H and O–H groups in total. The first-order valence-corrected chi connectivity index (χ1v) is 7.85. The van der Waals surface area contributed by atoms with Gasteiger partial charge in [-0.05, 0) is 45.4 Å². The summed E-state index contributed by atoms with van der Waals surface area (Å²) in [6, 6.07) is 4.23. The van der Waals surface area contributed by atoms with Crippen molar-refractivity contribution in [2.45, 2.75) is 59.0 Å². The van der Waals surface area contributed by atoms with Crippen LogP contribution in [0.15, 0.2) is 18.2 Å². The van der Waals surface area contributed by atoms with Crippen molar-refractivity contribution in [3.05, 3.63) is 24.0 Å². The van der Waals surface area contributed by atoms with E-state index >= 15 is 0 Å². The van der Waals surface area contributed by atoms with Crippen LogP contribution in [0.3, 0.4) is 0 Å². The van der Waals surface area contributed by atoms with Gasteiger partial charge in [0, 0.05) is 6.54 Å². The van der Waals surface area contributed by atoms with E-state index in [1.807, 2.05) is 0 Å². The van der Waals surface area contributed by atoms with E-state index in [0.717, 1.165) is 19.4 Å². The Balaban J connectivity index is 2.63. The van der Waals surface area contributed by atoms with Crippen LogP contribution in [-0.4, -0.2) is 18.2 Å². The van der Waals surface area contributed by atoms with Crippen LogP contribution in [0.25, 0.3) is 0 Å². The third kappa shape index (κ3) is 7.29. The van der Waals surface area contributed by atoms with E-state index in [2.05, 4.69) is 17.6 Å². The van der Waals surface area contributed by atoms with Crippen LogP contribution in [0.2, 0.25) is 0 Å². The molecule has 0 fully saturated rings. The molecule has 1 rings (SSSR count). The van der Waals surface area contributed by atoms with Crippen molar-refractivity contribution in [1.29, 1.82) is 0 Å². The van der Waals surface area contributed by atoms with Gasteiger partial charge < -0.3 is 10.1 Å². The Labute approximate surface area is 132 Å². The number of hydrogen-bond acceptors (Lipinski definition) is 3. The number of hydrogen-bond donors (Lipinski definition) is 2. The van der Waals surface area contributed by atoms with E-state index in [9.17, 15) is 9.18 Å². The molecular formula is C17H27FN2O2. The zero-order valence-corrected chi connectivity index (χ0v) is 14.0. The molecule has 1 amide bonds. The van der Waals surface area contributed by atoms with Crippen LogP contribution in [0, 0.1) is 5.82 Å². The predicted octanol–water partition coefficient (Wildman–Crippen LogP) is 5.16. The molecule has 0 heterocycles. The quantitative estimate of drug-likeness (QED) is 0.683. The number of carbonyl (C=O) groups excluding carboxylic acids is 1. The number of unbranched alkanes of at least 4 members (excludes halogenated alkanes) is 3. The highest BCUT2D eigenvalue weighted by Crippen LogP contribution is 2.23. The van der Waals surface area contributed by atoms with Crippen molar-refractivity contribution in [3.63, 3.8) is 0 Å². The normalized spacial score (nSPS) is 11.1. The van der Waals surface area contributed by atoms with Crippen LogP contribution in [0.4, 0.5) is 20.6 Å². The smallest absolute Gasteiger partial charge is 0.412 e. The topological polar surface area (TPSA) is 50.4 Å². The molecule has 0 atom stereocenters. The fourth-order valence-electron chi connectivity index (χ4n) is 1.96. The minimum Gasteiger partial charge on any atom is -0.444 e. The third-order valence-electron chi connectivity index (χ3n) is 2.96. The summed E-state index contributed by atoms with van der Waals surface area (Å²) >= 11 is 0. The number of benzene rings is 1. The number of anilines is 2. The lowest BCUT2D eigenvalue weighted by atomic mass is 10.2. The lowest BCUT2D eigenvalue weighted by molar-refractivity contribution is 0.0636. The molecule has 0 bridgehead atoms. The first-order chi connectivity index (χ1) is 10.3. The molecule has 0 radical (unpaired) electrons. The van der Waals surface area contributed by atoms with Gasteiger partial charge in [-0.1, -0.05) is 26.2 Å². The van der Waals surface area contributed by atoms with E-state index in [4.69, 9.17) is 4.74 Å². The van der Waals surface area contributed by atoms with Gasteiger partial charge in [-0.25, -0.2) is 9.18 Å². The van der Waals surface area contributed by atoms with Crippen molar-refractivity contribution in [3.8, 4) is 0 Å². The number of ether oxygens (including phenoxy) is 1. The summed E-state index contributed by atoms with van der Waals surface area (Å²) in [6.45, 7) is 8.29. The molecule has 0 aliphatic rings. The third-order valence-corrected chi connectivity index (χ3v) is 2.96. The maximum absolute atomic E-state index is 13.4. The second-order valence-electron chi connectivity index (χ2n) is 6.30. The Bertz CT molecular complexity index is 484. The first-order valence-electron chi connectivity index (χ1n) is 7.85. The average molecular weight is 310 g/mol. The van der Waals surface area contributed by atoms with Crippen LogP contribution in [-0.2, 0) is 4.74 Å². The van der Waals surface area contributed by atoms with E-state index < -0.39 is 11.7 Å². The number of halogens is 1. The zero-order valence-electron chi connectivity index (χ0n) is 14.0. The fraction of sp³-hybridized carbons (Fsp3) is 0.588. The molecule has 0 spiro atoms. The molecule has 0 aliphatic heterocycles. The van der Waals surface area contributed by atoms with Gasteiger partial charge in [0.1, 0.15) is 11.4 Å². The highest BCUT2D eigenvalue weighted by molar-refractivity contribution is 5.89. The minimum atomic E-state index is -0.572. The maximum atomic E-state index is 13.4. The van der Waals surface area contributed by atoms with Crippen LogP contribution in [0.5, 0.6) is 0 Å². The molecule has 1 aromatic carbocycles. The van der Waals surface area contributed by atoms with Gasteiger partial charge in [0.15, 0.2) is 0 Å². The van der Waals surface area contributed by atoms with Crippen molar-refractivity contribution in [2.75, 3.05) is 17.2 Å². The molecule has 5 heteroatoms. The number of amides is 1. The van der Waals surface area contributed by atoms with E-state index in [-0.39, 0.29) is 5.82 Å². The molecule has 1 aromatic rings. The summed E-state index contributed by atoms with van der Waals surface area (Å²) in [5.41, 5.74) is 0.520. The Morgan fingerprint density at radius 1 is 1.18 bits per heavy atom. The summed E-state index contributed by atoms with van der Waals surface area (Å²) in [5, 5.41) is 5.83. The van der Waals surface area contributed by atoms with Crippen molar-refractivity contribution >= 4 is 17.5 Å². The minimum absolute atomic E-state index is 0.342. The summed E-state index contributed by atoms with van der Waals surface area (Å²) in [5.74, 6) is -0.342. The largest absolute Gasteiger partial charge is 0.444 e. The Morgan fingerprint density at radius 3 is 2.55 bits per heavy atom. The average Bonchev–Trinajstić information content (AvgIpc) is 2.39. The molecule has 22 heavy (non-hydrogen) atoms. The monoisotopic (exact) mass is 310 g/mol. The van der Waals surface area contributed by atoms with Crippen LogP contribution < -0.4 is 10.6 Å². The molecular weight excluding hydrogens is 283 g/mol. The fourth-order valence-corrected chi connectivity index (χ4v) is 1.96. The van der Waals surface area contributed by atoms with Crippen LogP contribution in [0.1, 0.15) is 53.4 Å². The lowest BCUT2D eigenvalue weighted by Crippen LogP contribution is -2.27.